The molecule has 0 aromatic heterocycles. The number of nitrogens with zero attached hydrogens (tertiary/aromatic N) is 2. The van der Waals surface area contributed by atoms with Crippen LogP contribution in [-0.4, -0.2) is 46.9 Å². The van der Waals surface area contributed by atoms with Crippen LogP contribution >= 0.6 is 0 Å². The minimum atomic E-state index is -0.751. The predicted molar refractivity (Wildman–Crippen MR) is 112 cm³/mol. The van der Waals surface area contributed by atoms with Crippen LogP contribution in [0.4, 0.5) is 4.79 Å². The number of benzene rings is 1. The van der Waals surface area contributed by atoms with Gasteiger partial charge in [0.15, 0.2) is 0 Å². The molecule has 3 amide bonds. The van der Waals surface area contributed by atoms with Gasteiger partial charge in [-0.3, -0.25) is 14.6 Å². The largest absolute Gasteiger partial charge is 0.325 e. The van der Waals surface area contributed by atoms with Gasteiger partial charge in [-0.15, -0.1) is 0 Å². The number of nitrogens with one attached hydrogen (secondary N) is 1. The molecule has 1 aromatic carbocycles. The Morgan fingerprint density at radius 2 is 1.79 bits per heavy atom. The molecule has 0 spiro atoms. The summed E-state index contributed by atoms with van der Waals surface area (Å²) in [6.07, 6.45) is 2.48. The molecule has 2 aliphatic heterocycles. The molecule has 2 saturated heterocycles. The second kappa shape index (κ2) is 8.08. The Bertz CT molecular complexity index is 760. The van der Waals surface area contributed by atoms with Crippen molar-refractivity contribution < 1.29 is 9.59 Å². The Morgan fingerprint density at radius 1 is 1.18 bits per heavy atom. The fourth-order valence-corrected chi connectivity index (χ4v) is 4.87. The summed E-state index contributed by atoms with van der Waals surface area (Å²) in [7, 11) is 0. The molecule has 5 heteroatoms. The summed E-state index contributed by atoms with van der Waals surface area (Å²) in [5.74, 6) is 0.107. The highest BCUT2D eigenvalue weighted by atomic mass is 16.2. The highest BCUT2D eigenvalue weighted by Gasteiger charge is 2.54. The first-order valence-electron chi connectivity index (χ1n) is 10.3. The van der Waals surface area contributed by atoms with Crippen molar-refractivity contribution in [3.05, 3.63) is 47.0 Å². The molecule has 0 saturated carbocycles. The maximum Gasteiger partial charge on any atom is 0.325 e. The molecule has 1 atom stereocenters. The first-order valence-corrected chi connectivity index (χ1v) is 10.3. The van der Waals surface area contributed by atoms with Crippen molar-refractivity contribution in [3.8, 4) is 0 Å². The molecular weight excluding hydrogens is 350 g/mol. The third kappa shape index (κ3) is 4.00. The van der Waals surface area contributed by atoms with Crippen LogP contribution in [0.3, 0.4) is 0 Å². The quantitative estimate of drug-likeness (QED) is 0.601. The number of hydrogen-bond donors (Lipinski definition) is 1. The minimum Gasteiger partial charge on any atom is -0.323 e. The highest BCUT2D eigenvalue weighted by Crippen LogP contribution is 2.36. The molecule has 0 bridgehead atoms. The van der Waals surface area contributed by atoms with Crippen LogP contribution in [0.5, 0.6) is 0 Å². The van der Waals surface area contributed by atoms with Crippen LogP contribution in [0.2, 0.25) is 0 Å². The number of likely N-dealkylation sites (tertiary alicyclic amines) is 1. The maximum atomic E-state index is 13.1. The lowest BCUT2D eigenvalue weighted by Crippen LogP contribution is -2.55. The summed E-state index contributed by atoms with van der Waals surface area (Å²) in [5, 5.41) is 3.05. The van der Waals surface area contributed by atoms with E-state index in [0.29, 0.717) is 13.0 Å². The molecule has 2 aliphatic rings. The van der Waals surface area contributed by atoms with E-state index in [2.05, 4.69) is 48.8 Å². The van der Waals surface area contributed by atoms with Gasteiger partial charge in [0.1, 0.15) is 5.54 Å². The topological polar surface area (TPSA) is 52.7 Å². The molecule has 28 heavy (non-hydrogen) atoms. The van der Waals surface area contributed by atoms with E-state index in [1.807, 2.05) is 13.8 Å². The Balaban J connectivity index is 1.66. The van der Waals surface area contributed by atoms with Crippen LogP contribution in [0.1, 0.15) is 49.8 Å². The first kappa shape index (κ1) is 20.6. The van der Waals surface area contributed by atoms with Gasteiger partial charge in [-0.1, -0.05) is 48.4 Å². The fraction of sp³-hybridized carbons (Fsp3) is 0.565. The summed E-state index contributed by atoms with van der Waals surface area (Å²) in [5.41, 5.74) is 4.01. The first-order chi connectivity index (χ1) is 13.2. The molecule has 152 valence electrons. The van der Waals surface area contributed by atoms with Crippen molar-refractivity contribution >= 4 is 11.9 Å². The van der Waals surface area contributed by atoms with Gasteiger partial charge in [0, 0.05) is 6.54 Å². The third-order valence-electron chi connectivity index (χ3n) is 6.16. The smallest absolute Gasteiger partial charge is 0.323 e. The van der Waals surface area contributed by atoms with Crippen LogP contribution < -0.4 is 5.32 Å². The Hall–Kier alpha value is -2.14. The van der Waals surface area contributed by atoms with E-state index >= 15 is 0 Å². The number of hydrogen-bond acceptors (Lipinski definition) is 3. The average molecular weight is 384 g/mol. The minimum absolute atomic E-state index is 0.0734. The molecule has 2 heterocycles. The normalized spacial score (nSPS) is 23.9. The zero-order chi connectivity index (χ0) is 20.5. The van der Waals surface area contributed by atoms with Gasteiger partial charge in [0.25, 0.3) is 5.91 Å². The van der Waals surface area contributed by atoms with Gasteiger partial charge in [0.05, 0.1) is 6.54 Å². The lowest BCUT2D eigenvalue weighted by atomic mass is 9.75. The standard InChI is InChI=1S/C23H33N3O2/c1-6-23(21(27)26(14-16(2)3)22(28)24-23)20-7-9-25(10-8-20)15-19-12-17(4)11-18(5)13-19/h11-13,20H,2,6-10,14-15H2,1,3-5H3,(H,24,28)/t23-/m0/s1. The zero-order valence-electron chi connectivity index (χ0n) is 17.7. The summed E-state index contributed by atoms with van der Waals surface area (Å²) in [4.78, 5) is 29.4. The molecular formula is C23H33N3O2. The molecule has 3 rings (SSSR count). The number of piperidine rings is 1. The summed E-state index contributed by atoms with van der Waals surface area (Å²) < 4.78 is 0. The van der Waals surface area contributed by atoms with Gasteiger partial charge < -0.3 is 5.32 Å². The number of urea groups is 1. The second-order valence-electron chi connectivity index (χ2n) is 8.65. The summed E-state index contributed by atoms with van der Waals surface area (Å²) in [6, 6.07) is 6.44. The lowest BCUT2D eigenvalue weighted by molar-refractivity contribution is -0.134. The van der Waals surface area contributed by atoms with Crippen LogP contribution in [0.15, 0.2) is 30.4 Å². The van der Waals surface area contributed by atoms with Crippen molar-refractivity contribution in [1.29, 1.82) is 0 Å². The van der Waals surface area contributed by atoms with Crippen molar-refractivity contribution in [2.75, 3.05) is 19.6 Å². The molecule has 1 aromatic rings. The fourth-order valence-electron chi connectivity index (χ4n) is 4.87. The van der Waals surface area contributed by atoms with E-state index in [1.165, 1.54) is 21.6 Å². The number of imide groups is 1. The van der Waals surface area contributed by atoms with E-state index in [1.54, 1.807) is 0 Å². The molecule has 5 nitrogen and oxygen atoms in total. The molecule has 0 unspecified atom stereocenters. The molecule has 2 fully saturated rings. The molecule has 0 aliphatic carbocycles. The van der Waals surface area contributed by atoms with Crippen molar-refractivity contribution in [2.24, 2.45) is 5.92 Å². The molecule has 1 N–H and O–H groups in total. The van der Waals surface area contributed by atoms with Crippen molar-refractivity contribution in [3.63, 3.8) is 0 Å². The monoisotopic (exact) mass is 383 g/mol. The zero-order valence-corrected chi connectivity index (χ0v) is 17.7. The van der Waals surface area contributed by atoms with Crippen LogP contribution in [-0.2, 0) is 11.3 Å². The summed E-state index contributed by atoms with van der Waals surface area (Å²) in [6.45, 7) is 15.1. The van der Waals surface area contributed by atoms with E-state index in [9.17, 15) is 9.59 Å². The average Bonchev–Trinajstić information content (AvgIpc) is 2.86. The van der Waals surface area contributed by atoms with E-state index in [0.717, 1.165) is 38.0 Å². The Labute approximate surface area is 168 Å². The van der Waals surface area contributed by atoms with Crippen molar-refractivity contribution in [2.45, 2.75) is 59.0 Å². The maximum absolute atomic E-state index is 13.1. The lowest BCUT2D eigenvalue weighted by Gasteiger charge is -2.40. The number of aryl methyl sites for hydroxylation is 2. The number of carbonyl (C=O) groups is 2. The number of carbonyl (C=O) groups excluding carboxylic acids is 2. The number of rotatable bonds is 6. The number of amides is 3. The van der Waals surface area contributed by atoms with Crippen molar-refractivity contribution in [1.82, 2.24) is 15.1 Å². The van der Waals surface area contributed by atoms with E-state index in [4.69, 9.17) is 0 Å². The van der Waals surface area contributed by atoms with E-state index in [-0.39, 0.29) is 17.9 Å². The van der Waals surface area contributed by atoms with Crippen LogP contribution in [0, 0.1) is 19.8 Å². The predicted octanol–water partition coefficient (Wildman–Crippen LogP) is 3.79. The van der Waals surface area contributed by atoms with Gasteiger partial charge in [-0.2, -0.15) is 0 Å². The third-order valence-corrected chi connectivity index (χ3v) is 6.16. The Kier molecular flexibility index (Phi) is 5.94. The Morgan fingerprint density at radius 3 is 2.32 bits per heavy atom. The van der Waals surface area contributed by atoms with Gasteiger partial charge in [0.2, 0.25) is 0 Å². The van der Waals surface area contributed by atoms with E-state index < -0.39 is 5.54 Å². The highest BCUT2D eigenvalue weighted by molar-refractivity contribution is 6.07. The van der Waals surface area contributed by atoms with Gasteiger partial charge in [-0.25, -0.2) is 4.79 Å². The second-order valence-corrected chi connectivity index (χ2v) is 8.65. The summed E-state index contributed by atoms with van der Waals surface area (Å²) >= 11 is 0. The van der Waals surface area contributed by atoms with Gasteiger partial charge in [-0.05, 0) is 64.6 Å². The SMILES string of the molecule is C=C(C)CN1C(=O)N[C@@](CC)(C2CCN(Cc3cc(C)cc(C)c3)CC2)C1=O. The van der Waals surface area contributed by atoms with Crippen LogP contribution in [0.25, 0.3) is 0 Å². The van der Waals surface area contributed by atoms with Gasteiger partial charge >= 0.3 is 6.03 Å². The molecule has 0 radical (unpaired) electrons.